The zero-order valence-electron chi connectivity index (χ0n) is 9.27. The summed E-state index contributed by atoms with van der Waals surface area (Å²) in [6, 6.07) is 8.40. The minimum atomic E-state index is -0.422. The van der Waals surface area contributed by atoms with Crippen LogP contribution in [0.5, 0.6) is 0 Å². The Hall–Kier alpha value is -1.58. The van der Waals surface area contributed by atoms with Crippen molar-refractivity contribution < 1.29 is 9.53 Å². The molecule has 0 unspecified atom stereocenters. The SMILES string of the molecule is O=C(OCc1ccc(Cl)c(Cl)c1)c1cccnc1. The first kappa shape index (κ1) is 12.9. The van der Waals surface area contributed by atoms with Gasteiger partial charge in [0.1, 0.15) is 6.61 Å². The van der Waals surface area contributed by atoms with Crippen LogP contribution < -0.4 is 0 Å². The van der Waals surface area contributed by atoms with Crippen molar-refractivity contribution in [3.05, 3.63) is 63.9 Å². The van der Waals surface area contributed by atoms with E-state index < -0.39 is 5.97 Å². The van der Waals surface area contributed by atoms with Crippen molar-refractivity contribution in [3.63, 3.8) is 0 Å². The zero-order chi connectivity index (χ0) is 13.0. The highest BCUT2D eigenvalue weighted by molar-refractivity contribution is 6.42. The zero-order valence-corrected chi connectivity index (χ0v) is 10.8. The average Bonchev–Trinajstić information content (AvgIpc) is 2.41. The third kappa shape index (κ3) is 3.22. The standard InChI is InChI=1S/C13H9Cl2NO2/c14-11-4-3-9(6-12(11)15)8-18-13(17)10-2-1-5-16-7-10/h1-7H,8H2. The largest absolute Gasteiger partial charge is 0.457 e. The van der Waals surface area contributed by atoms with E-state index in [4.69, 9.17) is 27.9 Å². The van der Waals surface area contributed by atoms with Crippen molar-refractivity contribution in [2.24, 2.45) is 0 Å². The minimum absolute atomic E-state index is 0.143. The summed E-state index contributed by atoms with van der Waals surface area (Å²) in [4.78, 5) is 15.5. The van der Waals surface area contributed by atoms with Gasteiger partial charge in [0.2, 0.25) is 0 Å². The number of benzene rings is 1. The fraction of sp³-hybridized carbons (Fsp3) is 0.0769. The second-order valence-corrected chi connectivity index (χ2v) is 4.38. The van der Waals surface area contributed by atoms with Crippen molar-refractivity contribution in [1.82, 2.24) is 4.98 Å². The summed E-state index contributed by atoms with van der Waals surface area (Å²) in [5.74, 6) is -0.422. The van der Waals surface area contributed by atoms with Crippen LogP contribution in [-0.4, -0.2) is 11.0 Å². The number of halogens is 2. The second kappa shape index (κ2) is 5.85. The lowest BCUT2D eigenvalue weighted by Crippen LogP contribution is -2.05. The van der Waals surface area contributed by atoms with Crippen molar-refractivity contribution in [3.8, 4) is 0 Å². The van der Waals surface area contributed by atoms with E-state index in [2.05, 4.69) is 4.98 Å². The van der Waals surface area contributed by atoms with Gasteiger partial charge >= 0.3 is 5.97 Å². The molecule has 0 aliphatic rings. The Morgan fingerprint density at radius 3 is 2.72 bits per heavy atom. The molecule has 0 aliphatic heterocycles. The maximum atomic E-state index is 11.6. The molecule has 0 radical (unpaired) electrons. The molecule has 92 valence electrons. The Labute approximate surface area is 114 Å². The first-order valence-corrected chi connectivity index (χ1v) is 5.93. The number of pyridine rings is 1. The van der Waals surface area contributed by atoms with Gasteiger partial charge in [-0.05, 0) is 29.8 Å². The highest BCUT2D eigenvalue weighted by Gasteiger charge is 2.07. The van der Waals surface area contributed by atoms with E-state index in [0.717, 1.165) is 5.56 Å². The molecule has 0 saturated heterocycles. The lowest BCUT2D eigenvalue weighted by atomic mass is 10.2. The third-order valence-electron chi connectivity index (χ3n) is 2.25. The third-order valence-corrected chi connectivity index (χ3v) is 2.99. The predicted molar refractivity (Wildman–Crippen MR) is 69.8 cm³/mol. The van der Waals surface area contributed by atoms with E-state index in [1.54, 1.807) is 36.5 Å². The molecule has 0 atom stereocenters. The predicted octanol–water partition coefficient (Wildman–Crippen LogP) is 3.75. The van der Waals surface area contributed by atoms with Gasteiger partial charge in [-0.25, -0.2) is 4.79 Å². The summed E-state index contributed by atoms with van der Waals surface area (Å²) in [5.41, 5.74) is 1.19. The number of carbonyl (C=O) groups excluding carboxylic acids is 1. The van der Waals surface area contributed by atoms with Crippen LogP contribution >= 0.6 is 23.2 Å². The highest BCUT2D eigenvalue weighted by atomic mass is 35.5. The number of esters is 1. The highest BCUT2D eigenvalue weighted by Crippen LogP contribution is 2.23. The van der Waals surface area contributed by atoms with E-state index in [1.807, 2.05) is 0 Å². The Morgan fingerprint density at radius 2 is 2.06 bits per heavy atom. The lowest BCUT2D eigenvalue weighted by Gasteiger charge is -2.05. The number of nitrogens with zero attached hydrogens (tertiary/aromatic N) is 1. The molecule has 2 aromatic rings. The van der Waals surface area contributed by atoms with Crippen LogP contribution in [0.15, 0.2) is 42.7 Å². The smallest absolute Gasteiger partial charge is 0.340 e. The van der Waals surface area contributed by atoms with Crippen LogP contribution in [0.3, 0.4) is 0 Å². The van der Waals surface area contributed by atoms with Gasteiger partial charge < -0.3 is 4.74 Å². The van der Waals surface area contributed by atoms with E-state index >= 15 is 0 Å². The number of hydrogen-bond donors (Lipinski definition) is 0. The van der Waals surface area contributed by atoms with Crippen molar-refractivity contribution in [2.75, 3.05) is 0 Å². The molecular weight excluding hydrogens is 273 g/mol. The van der Waals surface area contributed by atoms with E-state index in [0.29, 0.717) is 15.6 Å². The Balaban J connectivity index is 1.99. The van der Waals surface area contributed by atoms with E-state index in [1.165, 1.54) is 6.20 Å². The number of hydrogen-bond acceptors (Lipinski definition) is 3. The molecule has 5 heteroatoms. The molecule has 3 nitrogen and oxygen atoms in total. The Morgan fingerprint density at radius 1 is 1.22 bits per heavy atom. The maximum absolute atomic E-state index is 11.6. The average molecular weight is 282 g/mol. The molecule has 18 heavy (non-hydrogen) atoms. The minimum Gasteiger partial charge on any atom is -0.457 e. The topological polar surface area (TPSA) is 39.2 Å². The Kier molecular flexibility index (Phi) is 4.18. The van der Waals surface area contributed by atoms with Crippen molar-refractivity contribution >= 4 is 29.2 Å². The second-order valence-electron chi connectivity index (χ2n) is 3.57. The molecule has 0 fully saturated rings. The lowest BCUT2D eigenvalue weighted by molar-refractivity contribution is 0.0472. The Bertz CT molecular complexity index is 558. The van der Waals surface area contributed by atoms with Crippen LogP contribution in [0.25, 0.3) is 0 Å². The molecule has 0 N–H and O–H groups in total. The van der Waals surface area contributed by atoms with Gasteiger partial charge in [-0.2, -0.15) is 0 Å². The number of rotatable bonds is 3. The summed E-state index contributed by atoms with van der Waals surface area (Å²) in [6.45, 7) is 0.143. The summed E-state index contributed by atoms with van der Waals surface area (Å²) in [5, 5.41) is 0.908. The molecular formula is C13H9Cl2NO2. The van der Waals surface area contributed by atoms with Crippen LogP contribution in [0.4, 0.5) is 0 Å². The van der Waals surface area contributed by atoms with E-state index in [9.17, 15) is 4.79 Å². The van der Waals surface area contributed by atoms with Gasteiger partial charge in [0.15, 0.2) is 0 Å². The van der Waals surface area contributed by atoms with Gasteiger partial charge in [-0.3, -0.25) is 4.98 Å². The molecule has 2 rings (SSSR count). The van der Waals surface area contributed by atoms with Crippen LogP contribution in [-0.2, 0) is 11.3 Å². The number of carbonyl (C=O) groups is 1. The van der Waals surface area contributed by atoms with E-state index in [-0.39, 0.29) is 6.61 Å². The van der Waals surface area contributed by atoms with Crippen LogP contribution in [0.2, 0.25) is 10.0 Å². The van der Waals surface area contributed by atoms with Gasteiger partial charge in [0.25, 0.3) is 0 Å². The van der Waals surface area contributed by atoms with Crippen LogP contribution in [0.1, 0.15) is 15.9 Å². The molecule has 0 aliphatic carbocycles. The number of aromatic nitrogens is 1. The molecule has 1 aromatic heterocycles. The molecule has 0 saturated carbocycles. The summed E-state index contributed by atoms with van der Waals surface area (Å²) in [6.07, 6.45) is 3.05. The maximum Gasteiger partial charge on any atom is 0.340 e. The fourth-order valence-corrected chi connectivity index (χ4v) is 1.67. The number of ether oxygens (including phenoxy) is 1. The fourth-order valence-electron chi connectivity index (χ4n) is 1.35. The molecule has 1 heterocycles. The first-order chi connectivity index (χ1) is 8.66. The van der Waals surface area contributed by atoms with Crippen LogP contribution in [0, 0.1) is 0 Å². The quantitative estimate of drug-likeness (QED) is 0.805. The molecule has 0 spiro atoms. The first-order valence-electron chi connectivity index (χ1n) is 5.18. The van der Waals surface area contributed by atoms with Gasteiger partial charge in [0, 0.05) is 12.4 Å². The summed E-state index contributed by atoms with van der Waals surface area (Å²) < 4.78 is 5.13. The normalized spacial score (nSPS) is 10.1. The van der Waals surface area contributed by atoms with Gasteiger partial charge in [-0.1, -0.05) is 29.3 Å². The van der Waals surface area contributed by atoms with Crippen molar-refractivity contribution in [1.29, 1.82) is 0 Å². The molecule has 1 aromatic carbocycles. The monoisotopic (exact) mass is 281 g/mol. The summed E-state index contributed by atoms with van der Waals surface area (Å²) in [7, 11) is 0. The van der Waals surface area contributed by atoms with Gasteiger partial charge in [-0.15, -0.1) is 0 Å². The summed E-state index contributed by atoms with van der Waals surface area (Å²) >= 11 is 11.7. The molecule has 0 bridgehead atoms. The van der Waals surface area contributed by atoms with Crippen molar-refractivity contribution in [2.45, 2.75) is 6.61 Å². The molecule has 0 amide bonds. The van der Waals surface area contributed by atoms with Gasteiger partial charge in [0.05, 0.1) is 15.6 Å².